The number of hydrogen-bond acceptors (Lipinski definition) is 5. The van der Waals surface area contributed by atoms with Crippen molar-refractivity contribution in [1.29, 1.82) is 0 Å². The molecule has 7 nitrogen and oxygen atoms in total. The number of hydrogen-bond donors (Lipinski definition) is 2. The molecule has 2 N–H and O–H groups in total. The number of rotatable bonds is 7. The average Bonchev–Trinajstić information content (AvgIpc) is 3.57. The van der Waals surface area contributed by atoms with E-state index in [1.807, 2.05) is 49.5 Å². The molecular formula is C30H27N7. The Kier molecular flexibility index (Phi) is 6.04. The lowest BCUT2D eigenvalue weighted by Crippen LogP contribution is -2.14. The quantitative estimate of drug-likeness (QED) is 0.301. The monoisotopic (exact) mass is 485 g/mol. The minimum atomic E-state index is 0.597. The molecule has 4 aromatic heterocycles. The van der Waals surface area contributed by atoms with E-state index >= 15 is 0 Å². The van der Waals surface area contributed by atoms with Gasteiger partial charge in [0, 0.05) is 24.0 Å². The van der Waals surface area contributed by atoms with Crippen LogP contribution in [0.15, 0.2) is 91.4 Å². The van der Waals surface area contributed by atoms with E-state index in [2.05, 4.69) is 69.8 Å². The number of benzene rings is 2. The van der Waals surface area contributed by atoms with Crippen molar-refractivity contribution in [3.05, 3.63) is 114 Å². The molecule has 0 amide bonds. The number of aromatic nitrogens is 6. The van der Waals surface area contributed by atoms with Crippen LogP contribution in [-0.4, -0.2) is 29.5 Å². The molecule has 0 saturated carbocycles. The Bertz CT molecular complexity index is 1680. The fourth-order valence-electron chi connectivity index (χ4n) is 4.66. The van der Waals surface area contributed by atoms with Crippen molar-refractivity contribution >= 4 is 5.65 Å². The summed E-state index contributed by atoms with van der Waals surface area (Å²) in [5, 5.41) is 7.86. The first-order valence-electron chi connectivity index (χ1n) is 12.3. The topological polar surface area (TPSA) is 83.8 Å². The lowest BCUT2D eigenvalue weighted by Gasteiger charge is -2.12. The Hall–Kier alpha value is -4.62. The van der Waals surface area contributed by atoms with Crippen molar-refractivity contribution in [2.45, 2.75) is 26.9 Å². The Morgan fingerprint density at radius 2 is 1.68 bits per heavy atom. The van der Waals surface area contributed by atoms with Crippen LogP contribution in [0.25, 0.3) is 39.4 Å². The van der Waals surface area contributed by atoms with Crippen molar-refractivity contribution in [3.63, 3.8) is 0 Å². The first-order chi connectivity index (χ1) is 18.2. The number of H-pyrrole nitrogens is 1. The molecule has 0 aliphatic carbocycles. The largest absolute Gasteiger partial charge is 0.339 e. The lowest BCUT2D eigenvalue weighted by atomic mass is 9.96. The zero-order valence-electron chi connectivity index (χ0n) is 20.8. The summed E-state index contributed by atoms with van der Waals surface area (Å²) < 4.78 is 1.76. The van der Waals surface area contributed by atoms with Crippen molar-refractivity contribution < 1.29 is 0 Å². The van der Waals surface area contributed by atoms with E-state index < -0.39 is 0 Å². The van der Waals surface area contributed by atoms with Crippen LogP contribution >= 0.6 is 0 Å². The number of nitrogens with one attached hydrogen (secondary N) is 2. The van der Waals surface area contributed by atoms with Crippen LogP contribution in [0.5, 0.6) is 0 Å². The highest BCUT2D eigenvalue weighted by molar-refractivity contribution is 5.77. The van der Waals surface area contributed by atoms with Gasteiger partial charge >= 0.3 is 0 Å². The molecule has 6 rings (SSSR count). The highest BCUT2D eigenvalue weighted by Gasteiger charge is 2.16. The average molecular weight is 486 g/mol. The van der Waals surface area contributed by atoms with Gasteiger partial charge < -0.3 is 10.3 Å². The number of aryl methyl sites for hydroxylation is 1. The second-order valence-corrected chi connectivity index (χ2v) is 9.11. The smallest absolute Gasteiger partial charge is 0.155 e. The van der Waals surface area contributed by atoms with Gasteiger partial charge in [-0.05, 0) is 60.4 Å². The molecule has 0 fully saturated rings. The maximum atomic E-state index is 4.98. The molecule has 0 radical (unpaired) electrons. The summed E-state index contributed by atoms with van der Waals surface area (Å²) in [6.45, 7) is 5.52. The number of nitrogens with zero attached hydrogens (tertiary/aromatic N) is 5. The van der Waals surface area contributed by atoms with Crippen LogP contribution in [0.1, 0.15) is 22.6 Å². The summed E-state index contributed by atoms with van der Waals surface area (Å²) in [7, 11) is 0. The molecule has 0 spiro atoms. The number of imidazole rings is 1. The normalized spacial score (nSPS) is 11.3. The summed E-state index contributed by atoms with van der Waals surface area (Å²) >= 11 is 0. The molecule has 0 saturated heterocycles. The van der Waals surface area contributed by atoms with Crippen LogP contribution in [0.4, 0.5) is 0 Å². The predicted molar refractivity (Wildman–Crippen MR) is 146 cm³/mol. The second kappa shape index (κ2) is 9.79. The molecule has 2 aromatic carbocycles. The minimum absolute atomic E-state index is 0.597. The summed E-state index contributed by atoms with van der Waals surface area (Å²) in [6.07, 6.45) is 3.50. The van der Waals surface area contributed by atoms with E-state index in [4.69, 9.17) is 9.97 Å². The van der Waals surface area contributed by atoms with Crippen molar-refractivity contribution in [2.24, 2.45) is 0 Å². The molecule has 182 valence electrons. The third-order valence-corrected chi connectivity index (χ3v) is 6.58. The van der Waals surface area contributed by atoms with E-state index in [-0.39, 0.29) is 0 Å². The van der Waals surface area contributed by atoms with Crippen LogP contribution in [0.2, 0.25) is 0 Å². The molecule has 0 bridgehead atoms. The highest BCUT2D eigenvalue weighted by atomic mass is 15.3. The highest BCUT2D eigenvalue weighted by Crippen LogP contribution is 2.30. The Balaban J connectivity index is 1.28. The van der Waals surface area contributed by atoms with Gasteiger partial charge in [-0.15, -0.1) is 0 Å². The van der Waals surface area contributed by atoms with Gasteiger partial charge in [-0.3, -0.25) is 4.98 Å². The zero-order valence-corrected chi connectivity index (χ0v) is 20.8. The van der Waals surface area contributed by atoms with E-state index in [1.165, 1.54) is 22.3 Å². The van der Waals surface area contributed by atoms with E-state index in [9.17, 15) is 0 Å². The molecule has 37 heavy (non-hydrogen) atoms. The van der Waals surface area contributed by atoms with Gasteiger partial charge in [-0.2, -0.15) is 5.10 Å². The summed E-state index contributed by atoms with van der Waals surface area (Å²) in [5.74, 6) is 0.851. The Morgan fingerprint density at radius 1 is 0.811 bits per heavy atom. The van der Waals surface area contributed by atoms with E-state index in [0.29, 0.717) is 6.54 Å². The van der Waals surface area contributed by atoms with Crippen molar-refractivity contribution in [1.82, 2.24) is 34.9 Å². The Morgan fingerprint density at radius 3 is 2.54 bits per heavy atom. The molecule has 4 heterocycles. The number of pyridine rings is 2. The maximum Gasteiger partial charge on any atom is 0.155 e. The summed E-state index contributed by atoms with van der Waals surface area (Å²) in [5.41, 5.74) is 10.3. The Labute approximate surface area is 215 Å². The van der Waals surface area contributed by atoms with Crippen molar-refractivity contribution in [3.8, 4) is 33.8 Å². The SMILES string of the molecule is Cc1cccc(-c2[nH]c(CNCc3cccc(-c4ccccc4)c3C)nc2-c2ccc3ncnn3c2)n1. The first-order valence-corrected chi connectivity index (χ1v) is 12.3. The molecule has 0 aliphatic heterocycles. The number of fused-ring (bicyclic) bond motifs is 1. The molecule has 0 unspecified atom stereocenters. The fourth-order valence-corrected chi connectivity index (χ4v) is 4.66. The first kappa shape index (κ1) is 22.8. The van der Waals surface area contributed by atoms with Gasteiger partial charge in [0.15, 0.2) is 5.65 Å². The summed E-state index contributed by atoms with van der Waals surface area (Å²) in [4.78, 5) is 17.5. The van der Waals surface area contributed by atoms with Gasteiger partial charge in [0.2, 0.25) is 0 Å². The van der Waals surface area contributed by atoms with Gasteiger partial charge in [0.05, 0.1) is 23.6 Å². The van der Waals surface area contributed by atoms with Gasteiger partial charge in [0.1, 0.15) is 12.2 Å². The van der Waals surface area contributed by atoms with Gasteiger partial charge in [0.25, 0.3) is 0 Å². The van der Waals surface area contributed by atoms with E-state index in [0.717, 1.165) is 46.4 Å². The van der Waals surface area contributed by atoms with Gasteiger partial charge in [-0.25, -0.2) is 14.5 Å². The molecule has 0 atom stereocenters. The van der Waals surface area contributed by atoms with Crippen LogP contribution < -0.4 is 5.32 Å². The lowest BCUT2D eigenvalue weighted by molar-refractivity contribution is 0.667. The zero-order chi connectivity index (χ0) is 25.2. The maximum absolute atomic E-state index is 4.98. The number of aromatic amines is 1. The minimum Gasteiger partial charge on any atom is -0.339 e. The van der Waals surface area contributed by atoms with Crippen LogP contribution in [0, 0.1) is 13.8 Å². The van der Waals surface area contributed by atoms with Crippen LogP contribution in [-0.2, 0) is 13.1 Å². The molecule has 7 heteroatoms. The fraction of sp³-hybridized carbons (Fsp3) is 0.133. The standard InChI is InChI=1S/C30H27N7/c1-20-8-6-13-26(34-20)30-29(24-14-15-28-32-19-33-37(28)18-24)35-27(36-30)17-31-16-23-11-7-12-25(21(23)2)22-9-4-3-5-10-22/h3-15,18-19,31H,16-17H2,1-2H3,(H,35,36). The van der Waals surface area contributed by atoms with Crippen LogP contribution in [0.3, 0.4) is 0 Å². The molecule has 6 aromatic rings. The molecule has 0 aliphatic rings. The predicted octanol–water partition coefficient (Wildman–Crippen LogP) is 5.76. The molecular weight excluding hydrogens is 458 g/mol. The third kappa shape index (κ3) is 4.64. The third-order valence-electron chi connectivity index (χ3n) is 6.58. The van der Waals surface area contributed by atoms with Crippen molar-refractivity contribution in [2.75, 3.05) is 0 Å². The van der Waals surface area contributed by atoms with E-state index in [1.54, 1.807) is 10.8 Å². The summed E-state index contributed by atoms with van der Waals surface area (Å²) in [6, 6.07) is 27.0. The van der Waals surface area contributed by atoms with Gasteiger partial charge in [-0.1, -0.05) is 54.6 Å². The second-order valence-electron chi connectivity index (χ2n) is 9.11.